The molecule has 100 valence electrons. The predicted octanol–water partition coefficient (Wildman–Crippen LogP) is 1.98. The maximum absolute atomic E-state index is 12.2. The zero-order valence-corrected chi connectivity index (χ0v) is 10.5. The standard InChI is InChI=1S/C14H16N2O3/c15-9-4-11-12(19-6-18-11)5-10(9)16-14(17)13-7-2-1-3-8(7)13/h4-5,7-8,13H,1-3,6,15H2,(H,16,17). The largest absolute Gasteiger partial charge is 0.454 e. The van der Waals surface area contributed by atoms with Crippen molar-refractivity contribution in [3.8, 4) is 11.5 Å². The average Bonchev–Trinajstić information content (AvgIpc) is 2.78. The summed E-state index contributed by atoms with van der Waals surface area (Å²) in [5, 5.41) is 2.93. The number of nitrogens with one attached hydrogen (secondary N) is 1. The maximum atomic E-state index is 12.2. The number of anilines is 2. The molecule has 1 aliphatic heterocycles. The van der Waals surface area contributed by atoms with Crippen LogP contribution >= 0.6 is 0 Å². The molecule has 3 aliphatic rings. The average molecular weight is 260 g/mol. The normalized spacial score (nSPS) is 30.0. The monoisotopic (exact) mass is 260 g/mol. The Kier molecular flexibility index (Phi) is 2.19. The van der Waals surface area contributed by atoms with Crippen LogP contribution < -0.4 is 20.5 Å². The molecule has 0 spiro atoms. The van der Waals surface area contributed by atoms with Gasteiger partial charge in [0.2, 0.25) is 12.7 Å². The number of benzene rings is 1. The Morgan fingerprint density at radius 1 is 1.21 bits per heavy atom. The third-order valence-electron chi connectivity index (χ3n) is 4.51. The van der Waals surface area contributed by atoms with Crippen molar-refractivity contribution in [1.82, 2.24) is 0 Å². The van der Waals surface area contributed by atoms with Crippen molar-refractivity contribution in [3.05, 3.63) is 12.1 Å². The number of hydrogen-bond donors (Lipinski definition) is 2. The first-order valence-corrected chi connectivity index (χ1v) is 6.74. The molecule has 1 heterocycles. The number of ether oxygens (including phenoxy) is 2. The van der Waals surface area contributed by atoms with E-state index in [4.69, 9.17) is 15.2 Å². The summed E-state index contributed by atoms with van der Waals surface area (Å²) in [6, 6.07) is 3.44. The highest BCUT2D eigenvalue weighted by Gasteiger charge is 2.56. The summed E-state index contributed by atoms with van der Waals surface area (Å²) in [5.41, 5.74) is 7.07. The van der Waals surface area contributed by atoms with Gasteiger partial charge in [0.25, 0.3) is 0 Å². The lowest BCUT2D eigenvalue weighted by atomic mass is 10.1. The molecule has 0 saturated heterocycles. The molecule has 2 atom stereocenters. The van der Waals surface area contributed by atoms with Crippen LogP contribution in [-0.4, -0.2) is 12.7 Å². The summed E-state index contributed by atoms with van der Waals surface area (Å²) >= 11 is 0. The fraction of sp³-hybridized carbons (Fsp3) is 0.500. The van der Waals surface area contributed by atoms with E-state index in [1.165, 1.54) is 19.3 Å². The molecule has 1 aromatic carbocycles. The molecule has 0 aromatic heterocycles. The quantitative estimate of drug-likeness (QED) is 0.797. The number of hydrogen-bond acceptors (Lipinski definition) is 4. The second-order valence-corrected chi connectivity index (χ2v) is 5.57. The van der Waals surface area contributed by atoms with Gasteiger partial charge in [-0.05, 0) is 24.7 Å². The van der Waals surface area contributed by atoms with Crippen LogP contribution in [0.1, 0.15) is 19.3 Å². The summed E-state index contributed by atoms with van der Waals surface area (Å²) in [5.74, 6) is 2.78. The molecule has 2 aliphatic carbocycles. The smallest absolute Gasteiger partial charge is 0.231 e. The van der Waals surface area contributed by atoms with E-state index in [1.54, 1.807) is 12.1 Å². The summed E-state index contributed by atoms with van der Waals surface area (Å²) in [6.07, 6.45) is 3.66. The number of rotatable bonds is 2. The Balaban J connectivity index is 1.52. The summed E-state index contributed by atoms with van der Waals surface area (Å²) in [6.45, 7) is 0.207. The van der Waals surface area contributed by atoms with Crippen molar-refractivity contribution in [2.45, 2.75) is 19.3 Å². The van der Waals surface area contributed by atoms with Gasteiger partial charge in [0.1, 0.15) is 0 Å². The Morgan fingerprint density at radius 3 is 2.63 bits per heavy atom. The number of nitrogen functional groups attached to an aromatic ring is 1. The molecule has 3 N–H and O–H groups in total. The van der Waals surface area contributed by atoms with Gasteiger partial charge >= 0.3 is 0 Å². The van der Waals surface area contributed by atoms with E-state index in [-0.39, 0.29) is 18.6 Å². The molecule has 5 nitrogen and oxygen atoms in total. The Bertz CT molecular complexity index is 548. The van der Waals surface area contributed by atoms with Crippen LogP contribution in [-0.2, 0) is 4.79 Å². The lowest BCUT2D eigenvalue weighted by Gasteiger charge is -2.10. The molecular formula is C14H16N2O3. The zero-order chi connectivity index (χ0) is 13.0. The first kappa shape index (κ1) is 11.0. The summed E-state index contributed by atoms with van der Waals surface area (Å²) in [4.78, 5) is 12.2. The van der Waals surface area contributed by atoms with E-state index < -0.39 is 0 Å². The molecular weight excluding hydrogens is 244 g/mol. The van der Waals surface area contributed by atoms with Crippen molar-refractivity contribution < 1.29 is 14.3 Å². The van der Waals surface area contributed by atoms with Gasteiger partial charge in [-0.25, -0.2) is 0 Å². The van der Waals surface area contributed by atoms with Crippen LogP contribution in [0.3, 0.4) is 0 Å². The van der Waals surface area contributed by atoms with Crippen LogP contribution in [0.4, 0.5) is 11.4 Å². The van der Waals surface area contributed by atoms with Crippen LogP contribution in [0, 0.1) is 17.8 Å². The van der Waals surface area contributed by atoms with Gasteiger partial charge in [-0.1, -0.05) is 6.42 Å². The number of fused-ring (bicyclic) bond motifs is 2. The third kappa shape index (κ3) is 1.64. The Hall–Kier alpha value is -1.91. The van der Waals surface area contributed by atoms with Gasteiger partial charge in [0.05, 0.1) is 11.4 Å². The predicted molar refractivity (Wildman–Crippen MR) is 69.9 cm³/mol. The number of amides is 1. The molecule has 2 fully saturated rings. The van der Waals surface area contributed by atoms with E-state index in [1.807, 2.05) is 0 Å². The van der Waals surface area contributed by atoms with E-state index >= 15 is 0 Å². The van der Waals surface area contributed by atoms with Gasteiger partial charge < -0.3 is 20.5 Å². The minimum atomic E-state index is 0.0975. The number of carbonyl (C=O) groups excluding carboxylic acids is 1. The number of nitrogens with two attached hydrogens (primary N) is 1. The van der Waals surface area contributed by atoms with Crippen molar-refractivity contribution in [3.63, 3.8) is 0 Å². The van der Waals surface area contributed by atoms with Crippen LogP contribution in [0.25, 0.3) is 0 Å². The first-order valence-electron chi connectivity index (χ1n) is 6.74. The molecule has 1 aromatic rings. The highest BCUT2D eigenvalue weighted by atomic mass is 16.7. The van der Waals surface area contributed by atoms with Gasteiger partial charge in [-0.15, -0.1) is 0 Å². The van der Waals surface area contributed by atoms with Crippen molar-refractivity contribution in [1.29, 1.82) is 0 Å². The molecule has 0 bridgehead atoms. The van der Waals surface area contributed by atoms with E-state index in [2.05, 4.69) is 5.32 Å². The van der Waals surface area contributed by atoms with Gasteiger partial charge in [0, 0.05) is 18.1 Å². The summed E-state index contributed by atoms with van der Waals surface area (Å²) < 4.78 is 10.5. The molecule has 1 amide bonds. The molecule has 2 unspecified atom stereocenters. The lowest BCUT2D eigenvalue weighted by Crippen LogP contribution is -2.17. The minimum Gasteiger partial charge on any atom is -0.454 e. The first-order chi connectivity index (χ1) is 9.24. The van der Waals surface area contributed by atoms with Gasteiger partial charge in [-0.2, -0.15) is 0 Å². The molecule has 0 radical (unpaired) electrons. The van der Waals surface area contributed by atoms with E-state index in [9.17, 15) is 4.79 Å². The maximum Gasteiger partial charge on any atom is 0.231 e. The fourth-order valence-corrected chi connectivity index (χ4v) is 3.49. The van der Waals surface area contributed by atoms with Gasteiger partial charge in [0.15, 0.2) is 11.5 Å². The highest BCUT2D eigenvalue weighted by molar-refractivity contribution is 5.98. The van der Waals surface area contributed by atoms with Crippen LogP contribution in [0.2, 0.25) is 0 Å². The lowest BCUT2D eigenvalue weighted by molar-refractivity contribution is -0.118. The second kappa shape index (κ2) is 3.79. The summed E-state index contributed by atoms with van der Waals surface area (Å²) in [7, 11) is 0. The van der Waals surface area contributed by atoms with Crippen LogP contribution in [0.5, 0.6) is 11.5 Å². The van der Waals surface area contributed by atoms with E-state index in [0.29, 0.717) is 34.7 Å². The highest BCUT2D eigenvalue weighted by Crippen LogP contribution is 2.57. The Morgan fingerprint density at radius 2 is 1.89 bits per heavy atom. The van der Waals surface area contributed by atoms with Crippen molar-refractivity contribution in [2.24, 2.45) is 17.8 Å². The molecule has 5 heteroatoms. The number of carbonyl (C=O) groups is 1. The van der Waals surface area contributed by atoms with E-state index in [0.717, 1.165) is 0 Å². The second-order valence-electron chi connectivity index (χ2n) is 5.57. The van der Waals surface area contributed by atoms with Crippen molar-refractivity contribution in [2.75, 3.05) is 17.8 Å². The molecule has 4 rings (SSSR count). The van der Waals surface area contributed by atoms with Crippen LogP contribution in [0.15, 0.2) is 12.1 Å². The van der Waals surface area contributed by atoms with Gasteiger partial charge in [-0.3, -0.25) is 4.79 Å². The third-order valence-corrected chi connectivity index (χ3v) is 4.51. The SMILES string of the molecule is Nc1cc2c(cc1NC(=O)C1C3CCCC31)OCO2. The molecule has 2 saturated carbocycles. The fourth-order valence-electron chi connectivity index (χ4n) is 3.49. The van der Waals surface area contributed by atoms with Crippen molar-refractivity contribution >= 4 is 17.3 Å². The molecule has 19 heavy (non-hydrogen) atoms. The Labute approximate surface area is 111 Å². The zero-order valence-electron chi connectivity index (χ0n) is 10.5. The topological polar surface area (TPSA) is 73.6 Å². The minimum absolute atomic E-state index is 0.0975.